The predicted molar refractivity (Wildman–Crippen MR) is 126 cm³/mol. The molecule has 1 aliphatic heterocycles. The second kappa shape index (κ2) is 9.34. The summed E-state index contributed by atoms with van der Waals surface area (Å²) in [7, 11) is 2.07. The van der Waals surface area contributed by atoms with Crippen molar-refractivity contribution in [1.82, 2.24) is 5.32 Å². The second-order valence-corrected chi connectivity index (χ2v) is 8.29. The highest BCUT2D eigenvalue weighted by Gasteiger charge is 2.25. The molecule has 1 aliphatic carbocycles. The molecule has 162 valence electrons. The van der Waals surface area contributed by atoms with E-state index in [9.17, 15) is 9.59 Å². The van der Waals surface area contributed by atoms with Crippen LogP contribution in [0.1, 0.15) is 42.5 Å². The molecule has 0 spiro atoms. The zero-order valence-corrected chi connectivity index (χ0v) is 18.3. The third-order valence-corrected chi connectivity index (χ3v) is 5.95. The van der Waals surface area contributed by atoms with Crippen molar-refractivity contribution < 1.29 is 14.3 Å². The van der Waals surface area contributed by atoms with Crippen LogP contribution in [0, 0.1) is 0 Å². The van der Waals surface area contributed by atoms with Crippen molar-refractivity contribution in [3.8, 4) is 5.75 Å². The third-order valence-electron chi connectivity index (χ3n) is 5.74. The average Bonchev–Trinajstić information content (AvgIpc) is 2.79. The minimum absolute atomic E-state index is 0.00208. The van der Waals surface area contributed by atoms with E-state index in [1.165, 1.54) is 19.3 Å². The summed E-state index contributed by atoms with van der Waals surface area (Å²) in [6.45, 7) is -0.00208. The number of nitrogens with one attached hydrogen (secondary N) is 3. The van der Waals surface area contributed by atoms with Gasteiger partial charge in [-0.3, -0.25) is 14.9 Å². The molecule has 4 rings (SSSR count). The molecule has 0 atom stereocenters. The highest BCUT2D eigenvalue weighted by Crippen LogP contribution is 2.40. The molecule has 7 nitrogen and oxygen atoms in total. The summed E-state index contributed by atoms with van der Waals surface area (Å²) in [5, 5.41) is 8.89. The van der Waals surface area contributed by atoms with Crippen LogP contribution in [0.4, 0.5) is 17.1 Å². The molecule has 3 N–H and O–H groups in total. The molecule has 0 bridgehead atoms. The number of carbonyl (C=O) groups is 2. The molecule has 0 aromatic heterocycles. The molecule has 1 saturated carbocycles. The van der Waals surface area contributed by atoms with Crippen LogP contribution in [0.25, 0.3) is 0 Å². The van der Waals surface area contributed by atoms with Crippen LogP contribution in [-0.2, 0) is 4.79 Å². The Kier molecular flexibility index (Phi) is 6.36. The molecular formula is C23H26N4O3S. The van der Waals surface area contributed by atoms with Crippen LogP contribution >= 0.6 is 12.2 Å². The summed E-state index contributed by atoms with van der Waals surface area (Å²) in [4.78, 5) is 26.5. The van der Waals surface area contributed by atoms with Gasteiger partial charge in [-0.1, -0.05) is 37.5 Å². The Hall–Kier alpha value is -3.13. The standard InChI is InChI=1S/C23H26N4O3S/c1-27(16-10-6-3-7-11-16)19-13-20-18(24-21(28)14-30-20)12-17(19)25-23(31)26-22(29)15-8-4-2-5-9-15/h2,4-5,8-9,12-13,16H,3,6-7,10-11,14H2,1H3,(H,24,28)(H2,25,26,29,31). The van der Waals surface area contributed by atoms with Gasteiger partial charge < -0.3 is 20.3 Å². The van der Waals surface area contributed by atoms with Crippen LogP contribution in [0.15, 0.2) is 42.5 Å². The Morgan fingerprint density at radius 3 is 2.65 bits per heavy atom. The average molecular weight is 439 g/mol. The number of nitrogens with zero attached hydrogens (tertiary/aromatic N) is 1. The van der Waals surface area contributed by atoms with Crippen molar-refractivity contribution in [1.29, 1.82) is 0 Å². The molecule has 2 amide bonds. The van der Waals surface area contributed by atoms with Gasteiger partial charge in [0.25, 0.3) is 11.8 Å². The molecule has 2 aromatic carbocycles. The fraction of sp³-hybridized carbons (Fsp3) is 0.348. The zero-order chi connectivity index (χ0) is 21.8. The maximum atomic E-state index is 12.5. The van der Waals surface area contributed by atoms with E-state index < -0.39 is 0 Å². The Labute approximate surface area is 187 Å². The molecule has 2 aliphatic rings. The van der Waals surface area contributed by atoms with Gasteiger partial charge in [-0.25, -0.2) is 0 Å². The largest absolute Gasteiger partial charge is 0.482 e. The maximum absolute atomic E-state index is 12.5. The summed E-state index contributed by atoms with van der Waals surface area (Å²) < 4.78 is 5.63. The summed E-state index contributed by atoms with van der Waals surface area (Å²) in [6, 6.07) is 13.1. The highest BCUT2D eigenvalue weighted by atomic mass is 32.1. The molecule has 2 aromatic rings. The van der Waals surface area contributed by atoms with E-state index in [1.54, 1.807) is 24.3 Å². The van der Waals surface area contributed by atoms with Crippen LogP contribution < -0.4 is 25.6 Å². The van der Waals surface area contributed by atoms with Gasteiger partial charge in [-0.15, -0.1) is 0 Å². The normalized spacial score (nSPS) is 15.8. The monoisotopic (exact) mass is 438 g/mol. The molecule has 0 saturated heterocycles. The lowest BCUT2D eigenvalue weighted by Crippen LogP contribution is -2.37. The molecular weight excluding hydrogens is 412 g/mol. The number of hydrogen-bond acceptors (Lipinski definition) is 5. The fourth-order valence-electron chi connectivity index (χ4n) is 4.09. The summed E-state index contributed by atoms with van der Waals surface area (Å²) in [6.07, 6.45) is 5.94. The number of benzene rings is 2. The third kappa shape index (κ3) is 4.96. The van der Waals surface area contributed by atoms with Crippen LogP contribution in [0.3, 0.4) is 0 Å². The number of thiocarbonyl (C=S) groups is 1. The van der Waals surface area contributed by atoms with Crippen molar-refractivity contribution in [3.63, 3.8) is 0 Å². The summed E-state index contributed by atoms with van der Waals surface area (Å²) >= 11 is 5.41. The lowest BCUT2D eigenvalue weighted by Gasteiger charge is -2.35. The van der Waals surface area contributed by atoms with Crippen molar-refractivity contribution in [2.45, 2.75) is 38.1 Å². The Balaban J connectivity index is 1.58. The minimum Gasteiger partial charge on any atom is -0.482 e. The molecule has 0 unspecified atom stereocenters. The number of rotatable bonds is 4. The Morgan fingerprint density at radius 1 is 1.16 bits per heavy atom. The number of hydrogen-bond donors (Lipinski definition) is 3. The number of carbonyl (C=O) groups excluding carboxylic acids is 2. The first-order valence-electron chi connectivity index (χ1n) is 10.5. The first-order valence-corrected chi connectivity index (χ1v) is 10.9. The van der Waals surface area contributed by atoms with Crippen molar-refractivity contribution in [2.75, 3.05) is 29.2 Å². The SMILES string of the molecule is CN(c1cc2c(cc1NC(=S)NC(=O)c1ccccc1)NC(=O)CO2)C1CCCCC1. The Morgan fingerprint density at radius 2 is 1.90 bits per heavy atom. The van der Waals surface area contributed by atoms with E-state index in [2.05, 4.69) is 27.9 Å². The van der Waals surface area contributed by atoms with Gasteiger partial charge in [-0.05, 0) is 43.3 Å². The maximum Gasteiger partial charge on any atom is 0.262 e. The van der Waals surface area contributed by atoms with E-state index in [1.807, 2.05) is 18.2 Å². The van der Waals surface area contributed by atoms with Gasteiger partial charge in [0.15, 0.2) is 11.7 Å². The minimum atomic E-state index is -0.283. The van der Waals surface area contributed by atoms with E-state index in [0.29, 0.717) is 28.7 Å². The number of fused-ring (bicyclic) bond motifs is 1. The zero-order valence-electron chi connectivity index (χ0n) is 17.4. The summed E-state index contributed by atoms with van der Waals surface area (Å²) in [5.41, 5.74) is 2.73. The first kappa shape index (κ1) is 21.1. The molecule has 0 radical (unpaired) electrons. The van der Waals surface area contributed by atoms with Crippen LogP contribution in [-0.4, -0.2) is 36.6 Å². The number of amides is 2. The quantitative estimate of drug-likeness (QED) is 0.628. The van der Waals surface area contributed by atoms with Crippen molar-refractivity contribution in [2.24, 2.45) is 0 Å². The molecule has 1 fully saturated rings. The second-order valence-electron chi connectivity index (χ2n) is 7.88. The lowest BCUT2D eigenvalue weighted by molar-refractivity contribution is -0.118. The first-order chi connectivity index (χ1) is 15.0. The van der Waals surface area contributed by atoms with Gasteiger partial charge in [0.2, 0.25) is 0 Å². The van der Waals surface area contributed by atoms with Gasteiger partial charge in [0.1, 0.15) is 5.75 Å². The smallest absolute Gasteiger partial charge is 0.262 e. The van der Waals surface area contributed by atoms with Gasteiger partial charge in [-0.2, -0.15) is 0 Å². The van der Waals surface area contributed by atoms with Crippen molar-refractivity contribution >= 4 is 46.2 Å². The van der Waals surface area contributed by atoms with E-state index in [4.69, 9.17) is 17.0 Å². The lowest BCUT2D eigenvalue weighted by atomic mass is 9.94. The van der Waals surface area contributed by atoms with E-state index >= 15 is 0 Å². The number of anilines is 3. The molecule has 1 heterocycles. The Bertz CT molecular complexity index is 990. The van der Waals surface area contributed by atoms with Crippen molar-refractivity contribution in [3.05, 3.63) is 48.0 Å². The highest BCUT2D eigenvalue weighted by molar-refractivity contribution is 7.80. The van der Waals surface area contributed by atoms with E-state index in [0.717, 1.165) is 18.5 Å². The molecule has 31 heavy (non-hydrogen) atoms. The topological polar surface area (TPSA) is 82.7 Å². The molecule has 8 heteroatoms. The van der Waals surface area contributed by atoms with Gasteiger partial charge >= 0.3 is 0 Å². The van der Waals surface area contributed by atoms with Gasteiger partial charge in [0, 0.05) is 24.7 Å². The fourth-order valence-corrected chi connectivity index (χ4v) is 4.29. The van der Waals surface area contributed by atoms with Crippen LogP contribution in [0.5, 0.6) is 5.75 Å². The van der Waals surface area contributed by atoms with E-state index in [-0.39, 0.29) is 23.5 Å². The van der Waals surface area contributed by atoms with Crippen LogP contribution in [0.2, 0.25) is 0 Å². The number of ether oxygens (including phenoxy) is 1. The summed E-state index contributed by atoms with van der Waals surface area (Å²) in [5.74, 6) is 0.142. The predicted octanol–water partition coefficient (Wildman–Crippen LogP) is 3.91. The van der Waals surface area contributed by atoms with Gasteiger partial charge in [0.05, 0.1) is 17.1 Å².